The van der Waals surface area contributed by atoms with Crippen molar-refractivity contribution in [2.45, 2.75) is 38.6 Å². The summed E-state index contributed by atoms with van der Waals surface area (Å²) in [5.74, 6) is -0.301. The Bertz CT molecular complexity index is 314. The molecule has 2 fully saturated rings. The number of carbonyl (C=O) groups is 2. The molecule has 1 saturated carbocycles. The third kappa shape index (κ3) is 2.50. The summed E-state index contributed by atoms with van der Waals surface area (Å²) in [6.07, 6.45) is 0.992. The SMILES string of the molecule is CCOC(=O)CC1CC2CC(OC)OC2C1=O. The molecule has 0 aromatic heterocycles. The quantitative estimate of drug-likeness (QED) is 0.686. The average Bonchev–Trinajstić information content (AvgIpc) is 2.80. The number of methoxy groups -OCH3 is 1. The van der Waals surface area contributed by atoms with Gasteiger partial charge in [-0.1, -0.05) is 0 Å². The van der Waals surface area contributed by atoms with E-state index in [0.29, 0.717) is 13.0 Å². The molecule has 0 spiro atoms. The summed E-state index contributed by atoms with van der Waals surface area (Å²) in [5, 5.41) is 0. The first-order valence-corrected chi connectivity index (χ1v) is 6.03. The highest BCUT2D eigenvalue weighted by molar-refractivity contribution is 5.91. The second-order valence-electron chi connectivity index (χ2n) is 4.56. The van der Waals surface area contributed by atoms with E-state index in [-0.39, 0.29) is 42.4 Å². The highest BCUT2D eigenvalue weighted by Crippen LogP contribution is 2.41. The van der Waals surface area contributed by atoms with Gasteiger partial charge in [0.05, 0.1) is 13.0 Å². The van der Waals surface area contributed by atoms with E-state index in [4.69, 9.17) is 14.2 Å². The van der Waals surface area contributed by atoms with Crippen molar-refractivity contribution >= 4 is 11.8 Å². The lowest BCUT2D eigenvalue weighted by Crippen LogP contribution is -2.25. The van der Waals surface area contributed by atoms with Gasteiger partial charge >= 0.3 is 5.97 Å². The van der Waals surface area contributed by atoms with Crippen LogP contribution in [0.25, 0.3) is 0 Å². The van der Waals surface area contributed by atoms with Crippen molar-refractivity contribution in [2.24, 2.45) is 11.8 Å². The Balaban J connectivity index is 1.89. The van der Waals surface area contributed by atoms with E-state index in [1.165, 1.54) is 0 Å². The van der Waals surface area contributed by atoms with E-state index < -0.39 is 0 Å². The fraction of sp³-hybridized carbons (Fsp3) is 0.833. The van der Waals surface area contributed by atoms with Gasteiger partial charge in [-0.15, -0.1) is 0 Å². The van der Waals surface area contributed by atoms with Crippen molar-refractivity contribution in [2.75, 3.05) is 13.7 Å². The summed E-state index contributed by atoms with van der Waals surface area (Å²) < 4.78 is 15.4. The highest BCUT2D eigenvalue weighted by Gasteiger charge is 2.49. The molecule has 5 nitrogen and oxygen atoms in total. The zero-order valence-electron chi connectivity index (χ0n) is 10.2. The van der Waals surface area contributed by atoms with Crippen molar-refractivity contribution in [3.8, 4) is 0 Å². The zero-order chi connectivity index (χ0) is 12.4. The van der Waals surface area contributed by atoms with Gasteiger partial charge in [0.25, 0.3) is 0 Å². The number of esters is 1. The molecule has 1 aliphatic carbocycles. The Kier molecular flexibility index (Phi) is 3.79. The van der Waals surface area contributed by atoms with Gasteiger partial charge in [-0.25, -0.2) is 0 Å². The minimum Gasteiger partial charge on any atom is -0.466 e. The van der Waals surface area contributed by atoms with E-state index in [1.807, 2.05) is 0 Å². The van der Waals surface area contributed by atoms with Crippen LogP contribution in [0.2, 0.25) is 0 Å². The van der Waals surface area contributed by atoms with Gasteiger partial charge in [0.15, 0.2) is 12.1 Å². The first kappa shape index (κ1) is 12.5. The number of rotatable bonds is 4. The Morgan fingerprint density at radius 3 is 2.82 bits per heavy atom. The number of hydrogen-bond donors (Lipinski definition) is 0. The molecule has 0 radical (unpaired) electrons. The van der Waals surface area contributed by atoms with Gasteiger partial charge in [-0.3, -0.25) is 9.59 Å². The minimum atomic E-state index is -0.376. The summed E-state index contributed by atoms with van der Waals surface area (Å²) in [6, 6.07) is 0. The van der Waals surface area contributed by atoms with Crippen LogP contribution in [0.1, 0.15) is 26.2 Å². The zero-order valence-corrected chi connectivity index (χ0v) is 10.2. The van der Waals surface area contributed by atoms with Crippen molar-refractivity contribution in [1.29, 1.82) is 0 Å². The van der Waals surface area contributed by atoms with E-state index in [1.54, 1.807) is 14.0 Å². The second kappa shape index (κ2) is 5.14. The monoisotopic (exact) mass is 242 g/mol. The van der Waals surface area contributed by atoms with Crippen LogP contribution in [0.15, 0.2) is 0 Å². The second-order valence-corrected chi connectivity index (χ2v) is 4.56. The third-order valence-corrected chi connectivity index (χ3v) is 3.47. The van der Waals surface area contributed by atoms with Crippen molar-refractivity contribution < 1.29 is 23.8 Å². The molecule has 2 rings (SSSR count). The Labute approximate surface area is 100 Å². The first-order valence-electron chi connectivity index (χ1n) is 6.03. The molecule has 17 heavy (non-hydrogen) atoms. The largest absolute Gasteiger partial charge is 0.466 e. The Morgan fingerprint density at radius 1 is 1.47 bits per heavy atom. The van der Waals surface area contributed by atoms with Crippen LogP contribution < -0.4 is 0 Å². The van der Waals surface area contributed by atoms with Crippen molar-refractivity contribution in [3.05, 3.63) is 0 Å². The fourth-order valence-corrected chi connectivity index (χ4v) is 2.69. The molecule has 4 atom stereocenters. The topological polar surface area (TPSA) is 61.8 Å². The molecule has 4 unspecified atom stereocenters. The van der Waals surface area contributed by atoms with Gasteiger partial charge in [-0.05, 0) is 19.3 Å². The maximum atomic E-state index is 12.0. The lowest BCUT2D eigenvalue weighted by Gasteiger charge is -2.12. The summed E-state index contributed by atoms with van der Waals surface area (Å²) in [7, 11) is 1.58. The van der Waals surface area contributed by atoms with Crippen molar-refractivity contribution in [3.63, 3.8) is 0 Å². The number of ketones is 1. The molecule has 5 heteroatoms. The lowest BCUT2D eigenvalue weighted by molar-refractivity contribution is -0.151. The Morgan fingerprint density at radius 2 is 2.24 bits per heavy atom. The molecule has 1 heterocycles. The predicted octanol–water partition coefficient (Wildman–Crippen LogP) is 0.906. The molecule has 0 aromatic carbocycles. The van der Waals surface area contributed by atoms with Crippen molar-refractivity contribution in [1.82, 2.24) is 0 Å². The molecular formula is C12H18O5. The molecule has 1 saturated heterocycles. The molecule has 96 valence electrons. The molecule has 1 aliphatic heterocycles. The third-order valence-electron chi connectivity index (χ3n) is 3.47. The summed E-state index contributed by atoms with van der Waals surface area (Å²) in [4.78, 5) is 23.3. The van der Waals surface area contributed by atoms with Gasteiger partial charge in [-0.2, -0.15) is 0 Å². The normalized spacial score (nSPS) is 36.0. The van der Waals surface area contributed by atoms with Crippen LogP contribution in [-0.4, -0.2) is 37.9 Å². The van der Waals surface area contributed by atoms with Crippen LogP contribution in [0.5, 0.6) is 0 Å². The summed E-state index contributed by atoms with van der Waals surface area (Å²) in [6.45, 7) is 2.12. The summed E-state index contributed by atoms with van der Waals surface area (Å²) >= 11 is 0. The minimum absolute atomic E-state index is 0.0302. The molecule has 0 N–H and O–H groups in total. The van der Waals surface area contributed by atoms with Crippen LogP contribution in [0.4, 0.5) is 0 Å². The van der Waals surface area contributed by atoms with Crippen LogP contribution >= 0.6 is 0 Å². The standard InChI is InChI=1S/C12H18O5/c1-3-16-9(13)5-7-4-8-6-10(15-2)17-12(8)11(7)14/h7-8,10,12H,3-6H2,1-2H3. The average molecular weight is 242 g/mol. The molecular weight excluding hydrogens is 224 g/mol. The summed E-state index contributed by atoms with van der Waals surface area (Å²) in [5.41, 5.74) is 0. The number of ether oxygens (including phenoxy) is 3. The first-order chi connectivity index (χ1) is 8.15. The van der Waals surface area contributed by atoms with E-state index in [9.17, 15) is 9.59 Å². The van der Waals surface area contributed by atoms with E-state index >= 15 is 0 Å². The van der Waals surface area contributed by atoms with Gasteiger partial charge in [0, 0.05) is 19.4 Å². The lowest BCUT2D eigenvalue weighted by atomic mass is 10.00. The molecule has 0 bridgehead atoms. The predicted molar refractivity (Wildman–Crippen MR) is 58.1 cm³/mol. The van der Waals surface area contributed by atoms with Crippen LogP contribution in [0.3, 0.4) is 0 Å². The maximum Gasteiger partial charge on any atom is 0.306 e. The van der Waals surface area contributed by atoms with Gasteiger partial charge in [0.2, 0.25) is 0 Å². The number of carbonyl (C=O) groups excluding carboxylic acids is 2. The fourth-order valence-electron chi connectivity index (χ4n) is 2.69. The van der Waals surface area contributed by atoms with Gasteiger partial charge in [0.1, 0.15) is 6.10 Å². The van der Waals surface area contributed by atoms with E-state index in [0.717, 1.165) is 6.42 Å². The highest BCUT2D eigenvalue weighted by atomic mass is 16.7. The number of Topliss-reactive ketones (excluding diaryl/α,β-unsaturated/α-hetero) is 1. The number of hydrogen-bond acceptors (Lipinski definition) is 5. The van der Waals surface area contributed by atoms with Gasteiger partial charge < -0.3 is 14.2 Å². The van der Waals surface area contributed by atoms with E-state index in [2.05, 4.69) is 0 Å². The molecule has 0 aromatic rings. The smallest absolute Gasteiger partial charge is 0.306 e. The maximum absolute atomic E-state index is 12.0. The van der Waals surface area contributed by atoms with Crippen LogP contribution in [-0.2, 0) is 23.8 Å². The van der Waals surface area contributed by atoms with Crippen LogP contribution in [0, 0.1) is 11.8 Å². The molecule has 2 aliphatic rings. The number of fused-ring (bicyclic) bond motifs is 1. The molecule has 0 amide bonds. The Hall–Kier alpha value is -0.940.